The Morgan fingerprint density at radius 1 is 0.933 bits per heavy atom. The van der Waals surface area contributed by atoms with Crippen molar-refractivity contribution in [1.82, 2.24) is 5.32 Å². The second-order valence-corrected chi connectivity index (χ2v) is 8.19. The molecule has 7 heteroatoms. The summed E-state index contributed by atoms with van der Waals surface area (Å²) in [7, 11) is 0. The third-order valence-corrected chi connectivity index (χ3v) is 5.83. The van der Waals surface area contributed by atoms with Gasteiger partial charge in [0.05, 0.1) is 0 Å². The zero-order valence-electron chi connectivity index (χ0n) is 17.6. The largest absolute Gasteiger partial charge is 0.491 e. The van der Waals surface area contributed by atoms with Crippen LogP contribution >= 0.6 is 0 Å². The van der Waals surface area contributed by atoms with Crippen LogP contribution in [0.4, 0.5) is 0 Å². The van der Waals surface area contributed by atoms with Crippen LogP contribution in [0, 0.1) is 0 Å². The number of nitrogens with one attached hydrogen (secondary N) is 1. The summed E-state index contributed by atoms with van der Waals surface area (Å²) < 4.78 is 5.99. The molecule has 0 spiro atoms. The molecule has 2 aliphatic rings. The molecule has 30 heavy (non-hydrogen) atoms. The average Bonchev–Trinajstić information content (AvgIpc) is 3.15. The van der Waals surface area contributed by atoms with Crippen molar-refractivity contribution >= 4 is 11.9 Å². The fourth-order valence-electron chi connectivity index (χ4n) is 4.22. The van der Waals surface area contributed by atoms with Crippen molar-refractivity contribution in [3.05, 3.63) is 29.8 Å². The van der Waals surface area contributed by atoms with Crippen molar-refractivity contribution in [1.29, 1.82) is 0 Å². The summed E-state index contributed by atoms with van der Waals surface area (Å²) in [5.41, 5.74) is 1.33. The molecule has 0 heterocycles. The highest BCUT2D eigenvalue weighted by Crippen LogP contribution is 2.38. The van der Waals surface area contributed by atoms with Gasteiger partial charge in [-0.2, -0.15) is 0 Å². The van der Waals surface area contributed by atoms with Crippen LogP contribution in [0.2, 0.25) is 0 Å². The smallest absolute Gasteiger partial charge is 0.414 e. The molecule has 0 bridgehead atoms. The van der Waals surface area contributed by atoms with Crippen molar-refractivity contribution in [2.24, 2.45) is 0 Å². The maximum absolute atomic E-state index is 10.3. The number of carboxylic acids is 2. The Labute approximate surface area is 178 Å². The molecule has 0 saturated heterocycles. The molecular weight excluding hydrogens is 386 g/mol. The van der Waals surface area contributed by atoms with Gasteiger partial charge in [0.1, 0.15) is 18.5 Å². The molecular formula is C23H35NO6. The van der Waals surface area contributed by atoms with E-state index in [1.165, 1.54) is 69.8 Å². The number of rotatable bonds is 7. The molecule has 0 aliphatic heterocycles. The summed E-state index contributed by atoms with van der Waals surface area (Å²) in [5.74, 6) is -2.04. The number of aliphatic hydroxyl groups excluding tert-OH is 1. The van der Waals surface area contributed by atoms with Crippen molar-refractivity contribution in [3.63, 3.8) is 0 Å². The van der Waals surface area contributed by atoms with Crippen molar-refractivity contribution in [2.75, 3.05) is 13.2 Å². The minimum absolute atomic E-state index is 0.378. The van der Waals surface area contributed by atoms with Crippen molar-refractivity contribution in [3.8, 4) is 5.75 Å². The SMILES string of the molecule is O=C(O)C(=O)O.OC(CNC1CCCCCC1)COc1ccccc1C1CCCC1. The van der Waals surface area contributed by atoms with Crippen molar-refractivity contribution in [2.45, 2.75) is 82.3 Å². The second-order valence-electron chi connectivity index (χ2n) is 8.19. The standard InChI is InChI=1S/C21H33NO2.C2H2O4/c23-19(15-22-18-11-3-1-2-4-12-18)16-24-21-14-8-7-13-20(21)17-9-5-6-10-17;3-1(4)2(5)6/h7-8,13-14,17-19,22-23H,1-6,9-12,15-16H2;(H,3,4)(H,5,6). The predicted molar refractivity (Wildman–Crippen MR) is 114 cm³/mol. The molecule has 0 radical (unpaired) electrons. The van der Waals surface area contributed by atoms with E-state index < -0.39 is 18.0 Å². The molecule has 2 aliphatic carbocycles. The average molecular weight is 422 g/mol. The molecule has 1 unspecified atom stereocenters. The Balaban J connectivity index is 0.000000469. The summed E-state index contributed by atoms with van der Waals surface area (Å²) >= 11 is 0. The number of hydrogen-bond acceptors (Lipinski definition) is 5. The maximum Gasteiger partial charge on any atom is 0.414 e. The van der Waals surface area contributed by atoms with E-state index in [0.29, 0.717) is 25.1 Å². The zero-order chi connectivity index (χ0) is 21.8. The van der Waals surface area contributed by atoms with Crippen molar-refractivity contribution < 1.29 is 29.6 Å². The van der Waals surface area contributed by atoms with E-state index in [1.807, 2.05) is 6.07 Å². The first kappa shape index (κ1) is 24.2. The van der Waals surface area contributed by atoms with Gasteiger partial charge in [-0.05, 0) is 43.2 Å². The molecule has 3 rings (SSSR count). The Hall–Kier alpha value is -2.12. The van der Waals surface area contributed by atoms with Gasteiger partial charge in [-0.15, -0.1) is 0 Å². The lowest BCUT2D eigenvalue weighted by atomic mass is 9.97. The van der Waals surface area contributed by atoms with E-state index in [4.69, 9.17) is 24.5 Å². The fourth-order valence-corrected chi connectivity index (χ4v) is 4.22. The summed E-state index contributed by atoms with van der Waals surface area (Å²) in [6, 6.07) is 8.96. The quantitative estimate of drug-likeness (QED) is 0.393. The second kappa shape index (κ2) is 13.2. The van der Waals surface area contributed by atoms with E-state index in [2.05, 4.69) is 23.5 Å². The van der Waals surface area contributed by atoms with E-state index in [1.54, 1.807) is 0 Å². The normalized spacial score (nSPS) is 18.7. The van der Waals surface area contributed by atoms with Crippen LogP contribution in [-0.2, 0) is 9.59 Å². The van der Waals surface area contributed by atoms with Crippen LogP contribution in [0.1, 0.15) is 75.7 Å². The van der Waals surface area contributed by atoms with Crippen LogP contribution < -0.4 is 10.1 Å². The van der Waals surface area contributed by atoms with Gasteiger partial charge >= 0.3 is 11.9 Å². The van der Waals surface area contributed by atoms with Crippen LogP contribution in [0.25, 0.3) is 0 Å². The lowest BCUT2D eigenvalue weighted by molar-refractivity contribution is -0.159. The minimum Gasteiger partial charge on any atom is -0.491 e. The highest BCUT2D eigenvalue weighted by atomic mass is 16.5. The number of carbonyl (C=O) groups is 2. The summed E-state index contributed by atoms with van der Waals surface area (Å²) in [4.78, 5) is 18.2. The zero-order valence-corrected chi connectivity index (χ0v) is 17.6. The third kappa shape index (κ3) is 8.71. The van der Waals surface area contributed by atoms with Gasteiger partial charge in [-0.1, -0.05) is 56.7 Å². The molecule has 1 atom stereocenters. The molecule has 4 N–H and O–H groups in total. The third-order valence-electron chi connectivity index (χ3n) is 5.83. The van der Waals surface area contributed by atoms with Crippen LogP contribution in [0.15, 0.2) is 24.3 Å². The molecule has 1 aromatic carbocycles. The highest BCUT2D eigenvalue weighted by molar-refractivity contribution is 6.27. The molecule has 0 amide bonds. The number of benzene rings is 1. The predicted octanol–water partition coefficient (Wildman–Crippen LogP) is 3.55. The first-order valence-corrected chi connectivity index (χ1v) is 11.1. The maximum atomic E-state index is 10.3. The lowest BCUT2D eigenvalue weighted by Gasteiger charge is -2.21. The van der Waals surface area contributed by atoms with E-state index in [0.717, 1.165) is 5.75 Å². The van der Waals surface area contributed by atoms with Gasteiger partial charge < -0.3 is 25.4 Å². The first-order valence-electron chi connectivity index (χ1n) is 11.1. The van der Waals surface area contributed by atoms with Gasteiger partial charge in [-0.25, -0.2) is 9.59 Å². The Morgan fingerprint density at radius 2 is 1.50 bits per heavy atom. The van der Waals surface area contributed by atoms with E-state index >= 15 is 0 Å². The number of ether oxygens (including phenoxy) is 1. The van der Waals surface area contributed by atoms with Crippen LogP contribution in [0.5, 0.6) is 5.75 Å². The number of hydrogen-bond donors (Lipinski definition) is 4. The number of aliphatic carboxylic acids is 2. The van der Waals surface area contributed by atoms with E-state index in [-0.39, 0.29) is 0 Å². The summed E-state index contributed by atoms with van der Waals surface area (Å²) in [6.07, 6.45) is 12.6. The Morgan fingerprint density at radius 3 is 2.10 bits per heavy atom. The van der Waals surface area contributed by atoms with Crippen LogP contribution in [-0.4, -0.2) is 52.6 Å². The van der Waals surface area contributed by atoms with Gasteiger partial charge in [0.15, 0.2) is 0 Å². The highest BCUT2D eigenvalue weighted by Gasteiger charge is 2.21. The topological polar surface area (TPSA) is 116 Å². The molecule has 7 nitrogen and oxygen atoms in total. The van der Waals surface area contributed by atoms with Gasteiger partial charge in [-0.3, -0.25) is 0 Å². The molecule has 1 aromatic rings. The Kier molecular flexibility index (Phi) is 10.7. The summed E-state index contributed by atoms with van der Waals surface area (Å²) in [6.45, 7) is 1.01. The van der Waals surface area contributed by atoms with Gasteiger partial charge in [0.2, 0.25) is 0 Å². The molecule has 2 fully saturated rings. The molecule has 168 valence electrons. The van der Waals surface area contributed by atoms with Gasteiger partial charge in [0.25, 0.3) is 0 Å². The Bertz CT molecular complexity index is 639. The first-order chi connectivity index (χ1) is 14.5. The number of carboxylic acid groups (broad SMARTS) is 2. The van der Waals surface area contributed by atoms with Crippen LogP contribution in [0.3, 0.4) is 0 Å². The number of para-hydroxylation sites is 1. The van der Waals surface area contributed by atoms with Gasteiger partial charge in [0, 0.05) is 12.6 Å². The minimum atomic E-state index is -1.82. The fraction of sp³-hybridized carbons (Fsp3) is 0.652. The molecule has 0 aromatic heterocycles. The molecule has 2 saturated carbocycles. The number of aliphatic hydroxyl groups is 1. The monoisotopic (exact) mass is 421 g/mol. The lowest BCUT2D eigenvalue weighted by Crippen LogP contribution is -2.37. The summed E-state index contributed by atoms with van der Waals surface area (Å²) in [5, 5.41) is 28.6. The van der Waals surface area contributed by atoms with E-state index in [9.17, 15) is 5.11 Å².